The van der Waals surface area contributed by atoms with Crippen LogP contribution in [-0.4, -0.2) is 28.6 Å². The summed E-state index contributed by atoms with van der Waals surface area (Å²) in [6.45, 7) is 8.75. The van der Waals surface area contributed by atoms with Crippen molar-refractivity contribution in [3.05, 3.63) is 29.6 Å². The summed E-state index contributed by atoms with van der Waals surface area (Å²) in [5.41, 5.74) is 3.24. The number of aromatic nitrogens is 2. The van der Waals surface area contributed by atoms with Crippen molar-refractivity contribution in [1.82, 2.24) is 20.6 Å². The molecule has 1 heterocycles. The molecule has 0 aliphatic carbocycles. The molecule has 1 aromatic heterocycles. The van der Waals surface area contributed by atoms with Crippen molar-refractivity contribution in [3.63, 3.8) is 0 Å². The van der Waals surface area contributed by atoms with Crippen molar-refractivity contribution in [2.45, 2.75) is 46.1 Å². The molecule has 0 spiro atoms. The third kappa shape index (κ3) is 4.21. The van der Waals surface area contributed by atoms with Crippen LogP contribution in [-0.2, 0) is 6.42 Å². The van der Waals surface area contributed by atoms with Gasteiger partial charge in [-0.1, -0.05) is 19.9 Å². The van der Waals surface area contributed by atoms with E-state index in [2.05, 4.69) is 46.6 Å². The number of fused-ring (bicyclic) bond motifs is 1. The van der Waals surface area contributed by atoms with Crippen LogP contribution in [0.4, 0.5) is 4.79 Å². The number of urea groups is 1. The van der Waals surface area contributed by atoms with E-state index in [9.17, 15) is 4.79 Å². The van der Waals surface area contributed by atoms with Gasteiger partial charge in [0.25, 0.3) is 0 Å². The van der Waals surface area contributed by atoms with E-state index in [-0.39, 0.29) is 12.1 Å². The first-order chi connectivity index (χ1) is 9.95. The molecule has 3 N–H and O–H groups in total. The molecule has 0 radical (unpaired) electrons. The standard InChI is InChI=1S/C16H24N4O/c1-10(2)15-19-13-6-5-12(9-14(13)20-15)7-8-17-16(21)18-11(3)4/h5-6,9-11H,7-8H2,1-4H3,(H,19,20)(H2,17,18,21). The zero-order chi connectivity index (χ0) is 15.4. The van der Waals surface area contributed by atoms with Crippen LogP contribution in [0.3, 0.4) is 0 Å². The first kappa shape index (κ1) is 15.4. The minimum Gasteiger partial charge on any atom is -0.342 e. The summed E-state index contributed by atoms with van der Waals surface area (Å²) in [6.07, 6.45) is 0.803. The lowest BCUT2D eigenvalue weighted by molar-refractivity contribution is 0.238. The van der Waals surface area contributed by atoms with E-state index in [0.29, 0.717) is 12.5 Å². The van der Waals surface area contributed by atoms with Gasteiger partial charge in [-0.15, -0.1) is 0 Å². The average molecular weight is 288 g/mol. The number of nitrogens with zero attached hydrogens (tertiary/aromatic N) is 1. The molecule has 0 bridgehead atoms. The summed E-state index contributed by atoms with van der Waals surface area (Å²) in [4.78, 5) is 19.4. The molecule has 2 amide bonds. The van der Waals surface area contributed by atoms with E-state index in [1.807, 2.05) is 19.9 Å². The molecule has 0 saturated carbocycles. The highest BCUT2D eigenvalue weighted by Gasteiger charge is 2.07. The van der Waals surface area contributed by atoms with Gasteiger partial charge in [0.2, 0.25) is 0 Å². The second kappa shape index (κ2) is 6.61. The van der Waals surface area contributed by atoms with Crippen molar-refractivity contribution in [2.75, 3.05) is 6.54 Å². The lowest BCUT2D eigenvalue weighted by Crippen LogP contribution is -2.40. The Labute approximate surface area is 125 Å². The molecule has 5 heteroatoms. The lowest BCUT2D eigenvalue weighted by Gasteiger charge is -2.09. The minimum absolute atomic E-state index is 0.116. The zero-order valence-electron chi connectivity index (χ0n) is 13.2. The van der Waals surface area contributed by atoms with Crippen LogP contribution >= 0.6 is 0 Å². The molecule has 0 aliphatic rings. The van der Waals surface area contributed by atoms with Gasteiger partial charge < -0.3 is 15.6 Å². The highest BCUT2D eigenvalue weighted by molar-refractivity contribution is 5.76. The second-order valence-corrected chi connectivity index (χ2v) is 5.93. The number of H-pyrrole nitrogens is 1. The molecule has 0 atom stereocenters. The number of rotatable bonds is 5. The van der Waals surface area contributed by atoms with Gasteiger partial charge in [-0.05, 0) is 38.0 Å². The van der Waals surface area contributed by atoms with Gasteiger partial charge in [0.05, 0.1) is 11.0 Å². The van der Waals surface area contributed by atoms with Gasteiger partial charge in [-0.2, -0.15) is 0 Å². The Balaban J connectivity index is 1.95. The molecule has 1 aromatic carbocycles. The SMILES string of the molecule is CC(C)NC(=O)NCCc1ccc2nc(C(C)C)[nH]c2c1. The molecule has 2 aromatic rings. The molecule has 21 heavy (non-hydrogen) atoms. The van der Waals surface area contributed by atoms with Gasteiger partial charge in [0, 0.05) is 18.5 Å². The van der Waals surface area contributed by atoms with Crippen molar-refractivity contribution in [3.8, 4) is 0 Å². The third-order valence-electron chi connectivity index (χ3n) is 3.23. The fraction of sp³-hybridized carbons (Fsp3) is 0.500. The van der Waals surface area contributed by atoms with Crippen LogP contribution in [0.25, 0.3) is 11.0 Å². The molecule has 5 nitrogen and oxygen atoms in total. The molecule has 114 valence electrons. The Morgan fingerprint density at radius 2 is 2.05 bits per heavy atom. The predicted molar refractivity (Wildman–Crippen MR) is 85.6 cm³/mol. The normalized spacial score (nSPS) is 11.3. The zero-order valence-corrected chi connectivity index (χ0v) is 13.2. The smallest absolute Gasteiger partial charge is 0.314 e. The number of carbonyl (C=O) groups is 1. The topological polar surface area (TPSA) is 69.8 Å². The van der Waals surface area contributed by atoms with E-state index in [1.54, 1.807) is 0 Å². The van der Waals surface area contributed by atoms with E-state index in [4.69, 9.17) is 0 Å². The molecule has 0 saturated heterocycles. The molecule has 0 aliphatic heterocycles. The van der Waals surface area contributed by atoms with Crippen molar-refractivity contribution in [1.29, 1.82) is 0 Å². The lowest BCUT2D eigenvalue weighted by atomic mass is 10.1. The van der Waals surface area contributed by atoms with Crippen LogP contribution in [0, 0.1) is 0 Å². The van der Waals surface area contributed by atoms with Crippen LogP contribution in [0.5, 0.6) is 0 Å². The third-order valence-corrected chi connectivity index (χ3v) is 3.23. The maximum absolute atomic E-state index is 11.5. The molecule has 0 fully saturated rings. The van der Waals surface area contributed by atoms with Gasteiger partial charge in [0.15, 0.2) is 0 Å². The molecule has 0 unspecified atom stereocenters. The molecule has 2 rings (SSSR count). The minimum atomic E-state index is -0.116. The highest BCUT2D eigenvalue weighted by Crippen LogP contribution is 2.18. The average Bonchev–Trinajstić information content (AvgIpc) is 2.81. The molecular weight excluding hydrogens is 264 g/mol. The van der Waals surface area contributed by atoms with E-state index >= 15 is 0 Å². The quantitative estimate of drug-likeness (QED) is 0.791. The highest BCUT2D eigenvalue weighted by atomic mass is 16.2. The number of nitrogens with one attached hydrogen (secondary N) is 3. The molecular formula is C16H24N4O. The van der Waals surface area contributed by atoms with Crippen molar-refractivity contribution in [2.24, 2.45) is 0 Å². The van der Waals surface area contributed by atoms with E-state index in [1.165, 1.54) is 5.56 Å². The summed E-state index contributed by atoms with van der Waals surface area (Å²) >= 11 is 0. The number of benzene rings is 1. The van der Waals surface area contributed by atoms with Gasteiger partial charge >= 0.3 is 6.03 Å². The Morgan fingerprint density at radius 1 is 1.29 bits per heavy atom. The monoisotopic (exact) mass is 288 g/mol. The van der Waals surface area contributed by atoms with Crippen molar-refractivity contribution < 1.29 is 4.79 Å². The Morgan fingerprint density at radius 3 is 2.71 bits per heavy atom. The van der Waals surface area contributed by atoms with Gasteiger partial charge in [-0.25, -0.2) is 9.78 Å². The first-order valence-corrected chi connectivity index (χ1v) is 7.48. The Hall–Kier alpha value is -2.04. The van der Waals surface area contributed by atoms with Crippen molar-refractivity contribution >= 4 is 17.1 Å². The van der Waals surface area contributed by atoms with Crippen LogP contribution < -0.4 is 10.6 Å². The summed E-state index contributed by atoms with van der Waals surface area (Å²) in [7, 11) is 0. The number of hydrogen-bond acceptors (Lipinski definition) is 2. The summed E-state index contributed by atoms with van der Waals surface area (Å²) in [5, 5.41) is 5.67. The number of hydrogen-bond donors (Lipinski definition) is 3. The van der Waals surface area contributed by atoms with E-state index in [0.717, 1.165) is 23.3 Å². The summed E-state index contributed by atoms with van der Waals surface area (Å²) in [6, 6.07) is 6.24. The maximum Gasteiger partial charge on any atom is 0.314 e. The second-order valence-electron chi connectivity index (χ2n) is 5.93. The van der Waals surface area contributed by atoms with E-state index < -0.39 is 0 Å². The van der Waals surface area contributed by atoms with Crippen LogP contribution in [0.15, 0.2) is 18.2 Å². The Kier molecular flexibility index (Phi) is 4.83. The summed E-state index contributed by atoms with van der Waals surface area (Å²) < 4.78 is 0. The van der Waals surface area contributed by atoms with Crippen LogP contribution in [0.1, 0.15) is 45.0 Å². The maximum atomic E-state index is 11.5. The van der Waals surface area contributed by atoms with Crippen LogP contribution in [0.2, 0.25) is 0 Å². The summed E-state index contributed by atoms with van der Waals surface area (Å²) in [5.74, 6) is 1.40. The number of amides is 2. The fourth-order valence-corrected chi connectivity index (χ4v) is 2.14. The predicted octanol–water partition coefficient (Wildman–Crippen LogP) is 2.94. The number of imidazole rings is 1. The number of carbonyl (C=O) groups excluding carboxylic acids is 1. The number of aromatic amines is 1. The first-order valence-electron chi connectivity index (χ1n) is 7.48. The Bertz CT molecular complexity index is 616. The van der Waals surface area contributed by atoms with Gasteiger partial charge in [-0.3, -0.25) is 0 Å². The largest absolute Gasteiger partial charge is 0.342 e. The van der Waals surface area contributed by atoms with Gasteiger partial charge in [0.1, 0.15) is 5.82 Å². The fourth-order valence-electron chi connectivity index (χ4n) is 2.14.